The monoisotopic (exact) mass is 207 g/mol. The molecular formula is C10H13N3S. The number of anilines is 1. The molecule has 1 unspecified atom stereocenters. The SMILES string of the molecule is CSC(C)CNc1cnccc1C#N. The van der Waals surface area contributed by atoms with Crippen molar-refractivity contribution < 1.29 is 0 Å². The number of aromatic nitrogens is 1. The van der Waals surface area contributed by atoms with Crippen molar-refractivity contribution in [2.75, 3.05) is 18.1 Å². The third-order valence-electron chi connectivity index (χ3n) is 1.92. The summed E-state index contributed by atoms with van der Waals surface area (Å²) in [5.41, 5.74) is 1.46. The Kier molecular flexibility index (Phi) is 4.27. The molecule has 74 valence electrons. The molecule has 0 spiro atoms. The highest BCUT2D eigenvalue weighted by Crippen LogP contribution is 2.13. The Hall–Kier alpha value is -1.21. The number of thioether (sulfide) groups is 1. The molecule has 1 rings (SSSR count). The van der Waals surface area contributed by atoms with Crippen LogP contribution in [0, 0.1) is 11.3 Å². The van der Waals surface area contributed by atoms with Crippen molar-refractivity contribution in [2.45, 2.75) is 12.2 Å². The van der Waals surface area contributed by atoms with Crippen LogP contribution in [0.3, 0.4) is 0 Å². The van der Waals surface area contributed by atoms with Crippen LogP contribution in [-0.4, -0.2) is 23.0 Å². The van der Waals surface area contributed by atoms with Crippen LogP contribution in [0.2, 0.25) is 0 Å². The maximum absolute atomic E-state index is 8.82. The molecule has 4 heteroatoms. The van der Waals surface area contributed by atoms with Crippen molar-refractivity contribution in [3.63, 3.8) is 0 Å². The first-order valence-electron chi connectivity index (χ1n) is 4.38. The zero-order valence-electron chi connectivity index (χ0n) is 8.32. The number of hydrogen-bond donors (Lipinski definition) is 1. The standard InChI is InChI=1S/C10H13N3S/c1-8(14-2)6-13-10-7-12-4-3-9(10)5-11/h3-4,7-8,13H,6H2,1-2H3. The first-order chi connectivity index (χ1) is 6.77. The quantitative estimate of drug-likeness (QED) is 0.821. The number of nitrogens with zero attached hydrogens (tertiary/aromatic N) is 2. The smallest absolute Gasteiger partial charge is 0.101 e. The molecule has 1 aromatic rings. The van der Waals surface area contributed by atoms with Gasteiger partial charge in [-0.05, 0) is 12.3 Å². The van der Waals surface area contributed by atoms with Crippen LogP contribution in [-0.2, 0) is 0 Å². The van der Waals surface area contributed by atoms with Crippen LogP contribution in [0.5, 0.6) is 0 Å². The fourth-order valence-electron chi connectivity index (χ4n) is 0.970. The van der Waals surface area contributed by atoms with Gasteiger partial charge < -0.3 is 5.32 Å². The van der Waals surface area contributed by atoms with Crippen molar-refractivity contribution in [3.8, 4) is 6.07 Å². The minimum absolute atomic E-state index is 0.529. The Morgan fingerprint density at radius 2 is 2.50 bits per heavy atom. The van der Waals surface area contributed by atoms with E-state index >= 15 is 0 Å². The predicted octanol–water partition coefficient (Wildman–Crippen LogP) is 2.12. The molecule has 0 bridgehead atoms. The lowest BCUT2D eigenvalue weighted by Crippen LogP contribution is -2.13. The lowest BCUT2D eigenvalue weighted by Gasteiger charge is -2.11. The lowest BCUT2D eigenvalue weighted by atomic mass is 10.2. The summed E-state index contributed by atoms with van der Waals surface area (Å²) in [5.74, 6) is 0. The van der Waals surface area contributed by atoms with E-state index in [0.29, 0.717) is 10.8 Å². The predicted molar refractivity (Wildman–Crippen MR) is 60.4 cm³/mol. The Labute approximate surface area is 88.5 Å². The van der Waals surface area contributed by atoms with Crippen molar-refractivity contribution >= 4 is 17.4 Å². The van der Waals surface area contributed by atoms with E-state index in [9.17, 15) is 0 Å². The Bertz CT molecular complexity index is 332. The molecule has 0 radical (unpaired) electrons. The Morgan fingerprint density at radius 1 is 1.71 bits per heavy atom. The fraction of sp³-hybridized carbons (Fsp3) is 0.400. The molecule has 0 aliphatic carbocycles. The van der Waals surface area contributed by atoms with E-state index in [1.54, 1.807) is 30.2 Å². The highest BCUT2D eigenvalue weighted by Gasteiger charge is 2.02. The molecule has 0 amide bonds. The van der Waals surface area contributed by atoms with Gasteiger partial charge in [-0.15, -0.1) is 0 Å². The van der Waals surface area contributed by atoms with E-state index in [-0.39, 0.29) is 0 Å². The summed E-state index contributed by atoms with van der Waals surface area (Å²) in [7, 11) is 0. The molecule has 3 nitrogen and oxygen atoms in total. The highest BCUT2D eigenvalue weighted by atomic mass is 32.2. The highest BCUT2D eigenvalue weighted by molar-refractivity contribution is 7.99. The van der Waals surface area contributed by atoms with E-state index in [2.05, 4.69) is 29.5 Å². The van der Waals surface area contributed by atoms with Crippen LogP contribution in [0.25, 0.3) is 0 Å². The first-order valence-corrected chi connectivity index (χ1v) is 5.67. The van der Waals surface area contributed by atoms with Crippen molar-refractivity contribution in [3.05, 3.63) is 24.0 Å². The second-order valence-corrected chi connectivity index (χ2v) is 4.24. The van der Waals surface area contributed by atoms with Gasteiger partial charge in [0, 0.05) is 18.0 Å². The van der Waals surface area contributed by atoms with Gasteiger partial charge in [-0.3, -0.25) is 4.98 Å². The maximum atomic E-state index is 8.82. The summed E-state index contributed by atoms with van der Waals surface area (Å²) in [6.07, 6.45) is 5.38. The molecule has 0 saturated heterocycles. The van der Waals surface area contributed by atoms with E-state index in [0.717, 1.165) is 12.2 Å². The Balaban J connectivity index is 2.63. The first kappa shape index (κ1) is 10.9. The molecule has 1 atom stereocenters. The molecular weight excluding hydrogens is 194 g/mol. The average Bonchev–Trinajstić information content (AvgIpc) is 2.26. The molecule has 0 fully saturated rings. The molecule has 1 aromatic heterocycles. The van der Waals surface area contributed by atoms with Gasteiger partial charge in [0.1, 0.15) is 6.07 Å². The summed E-state index contributed by atoms with van der Waals surface area (Å²) in [5, 5.41) is 12.6. The van der Waals surface area contributed by atoms with Gasteiger partial charge in [0.05, 0.1) is 17.4 Å². The van der Waals surface area contributed by atoms with Gasteiger partial charge in [0.2, 0.25) is 0 Å². The average molecular weight is 207 g/mol. The van der Waals surface area contributed by atoms with Gasteiger partial charge in [0.25, 0.3) is 0 Å². The van der Waals surface area contributed by atoms with E-state index in [4.69, 9.17) is 5.26 Å². The summed E-state index contributed by atoms with van der Waals surface area (Å²) in [4.78, 5) is 3.98. The van der Waals surface area contributed by atoms with Gasteiger partial charge in [0.15, 0.2) is 0 Å². The van der Waals surface area contributed by atoms with Crippen LogP contribution < -0.4 is 5.32 Å². The summed E-state index contributed by atoms with van der Waals surface area (Å²) in [6, 6.07) is 3.84. The van der Waals surface area contributed by atoms with Gasteiger partial charge in [-0.2, -0.15) is 17.0 Å². The fourth-order valence-corrected chi connectivity index (χ4v) is 1.22. The summed E-state index contributed by atoms with van der Waals surface area (Å²) < 4.78 is 0. The normalized spacial score (nSPS) is 11.8. The van der Waals surface area contributed by atoms with Crippen LogP contribution in [0.4, 0.5) is 5.69 Å². The third kappa shape index (κ3) is 2.93. The Morgan fingerprint density at radius 3 is 3.14 bits per heavy atom. The third-order valence-corrected chi connectivity index (χ3v) is 2.90. The zero-order chi connectivity index (χ0) is 10.4. The molecule has 14 heavy (non-hydrogen) atoms. The zero-order valence-corrected chi connectivity index (χ0v) is 9.14. The van der Waals surface area contributed by atoms with E-state index < -0.39 is 0 Å². The van der Waals surface area contributed by atoms with Crippen molar-refractivity contribution in [1.82, 2.24) is 4.98 Å². The number of nitrogens with one attached hydrogen (secondary N) is 1. The minimum Gasteiger partial charge on any atom is -0.382 e. The van der Waals surface area contributed by atoms with E-state index in [1.807, 2.05) is 0 Å². The number of nitriles is 1. The van der Waals surface area contributed by atoms with Crippen LogP contribution in [0.1, 0.15) is 12.5 Å². The second-order valence-electron chi connectivity index (χ2n) is 2.96. The topological polar surface area (TPSA) is 48.7 Å². The molecule has 0 aliphatic heterocycles. The van der Waals surface area contributed by atoms with Gasteiger partial charge in [-0.25, -0.2) is 0 Å². The molecule has 1 N–H and O–H groups in total. The van der Waals surface area contributed by atoms with Crippen molar-refractivity contribution in [2.24, 2.45) is 0 Å². The van der Waals surface area contributed by atoms with Gasteiger partial charge in [-0.1, -0.05) is 6.92 Å². The largest absolute Gasteiger partial charge is 0.382 e. The molecule has 0 aliphatic rings. The molecule has 0 saturated carbocycles. The summed E-state index contributed by atoms with van der Waals surface area (Å²) in [6.45, 7) is 2.99. The molecule has 1 heterocycles. The number of hydrogen-bond acceptors (Lipinski definition) is 4. The summed E-state index contributed by atoms with van der Waals surface area (Å²) >= 11 is 1.79. The van der Waals surface area contributed by atoms with Crippen LogP contribution in [0.15, 0.2) is 18.5 Å². The van der Waals surface area contributed by atoms with E-state index in [1.165, 1.54) is 0 Å². The van der Waals surface area contributed by atoms with Crippen molar-refractivity contribution in [1.29, 1.82) is 5.26 Å². The van der Waals surface area contributed by atoms with Crippen LogP contribution >= 0.6 is 11.8 Å². The lowest BCUT2D eigenvalue weighted by molar-refractivity contribution is 1.000. The minimum atomic E-state index is 0.529. The number of rotatable bonds is 4. The maximum Gasteiger partial charge on any atom is 0.101 e. The number of pyridine rings is 1. The second kappa shape index (κ2) is 5.51. The molecule has 0 aromatic carbocycles. The van der Waals surface area contributed by atoms with Gasteiger partial charge >= 0.3 is 0 Å².